The van der Waals surface area contributed by atoms with Crippen LogP contribution in [0.1, 0.15) is 5.56 Å². The third-order valence-electron chi connectivity index (χ3n) is 6.10. The van der Waals surface area contributed by atoms with Crippen molar-refractivity contribution in [3.8, 4) is 34.3 Å². The number of rotatable bonds is 7. The highest BCUT2D eigenvalue weighted by Crippen LogP contribution is 2.40. The summed E-state index contributed by atoms with van der Waals surface area (Å²) in [6.45, 7) is 4.40. The van der Waals surface area contributed by atoms with Crippen LogP contribution in [0.25, 0.3) is 11.3 Å². The van der Waals surface area contributed by atoms with Crippen LogP contribution in [0.5, 0.6) is 23.0 Å². The third-order valence-corrected chi connectivity index (χ3v) is 6.10. The lowest BCUT2D eigenvalue weighted by molar-refractivity contribution is 0.208. The molecule has 2 aromatic carbocycles. The number of piperazine rings is 1. The average molecular weight is 494 g/mol. The normalized spacial score (nSPS) is 13.2. The molecule has 0 aliphatic carbocycles. The average Bonchev–Trinajstić information content (AvgIpc) is 2.92. The second kappa shape index (κ2) is 11.0. The maximum Gasteiger partial charge on any atom is 0.322 e. The Morgan fingerprint density at radius 1 is 0.806 bits per heavy atom. The van der Waals surface area contributed by atoms with E-state index in [1.807, 2.05) is 49.4 Å². The van der Waals surface area contributed by atoms with Gasteiger partial charge >= 0.3 is 6.03 Å². The van der Waals surface area contributed by atoms with Gasteiger partial charge in [0, 0.05) is 31.7 Å². The van der Waals surface area contributed by atoms with Crippen LogP contribution in [-0.4, -0.2) is 75.7 Å². The van der Waals surface area contributed by atoms with Crippen LogP contribution >= 0.6 is 0 Å². The quantitative estimate of drug-likeness (QED) is 0.530. The van der Waals surface area contributed by atoms with Crippen molar-refractivity contribution in [3.63, 3.8) is 0 Å². The second-order valence-corrected chi connectivity index (χ2v) is 8.30. The molecule has 0 saturated carbocycles. The summed E-state index contributed by atoms with van der Waals surface area (Å²) in [6, 6.07) is 13.1. The molecule has 36 heavy (non-hydrogen) atoms. The van der Waals surface area contributed by atoms with Gasteiger partial charge < -0.3 is 34.1 Å². The molecule has 0 bridgehead atoms. The van der Waals surface area contributed by atoms with E-state index in [0.717, 1.165) is 16.9 Å². The Hall–Kier alpha value is -4.21. The summed E-state index contributed by atoms with van der Waals surface area (Å²) >= 11 is 0. The predicted octanol–water partition coefficient (Wildman–Crippen LogP) is 3.84. The fraction of sp³-hybridized carbons (Fsp3) is 0.346. The number of aromatic nitrogens is 2. The largest absolute Gasteiger partial charge is 0.495 e. The van der Waals surface area contributed by atoms with Gasteiger partial charge in [-0.25, -0.2) is 4.79 Å². The van der Waals surface area contributed by atoms with Crippen LogP contribution in [-0.2, 0) is 0 Å². The van der Waals surface area contributed by atoms with Crippen molar-refractivity contribution in [1.82, 2.24) is 15.1 Å². The number of urea groups is 1. The summed E-state index contributed by atoms with van der Waals surface area (Å²) in [5.74, 6) is 3.02. The summed E-state index contributed by atoms with van der Waals surface area (Å²) in [5.41, 5.74) is 3.20. The Morgan fingerprint density at radius 2 is 1.47 bits per heavy atom. The van der Waals surface area contributed by atoms with Gasteiger partial charge in [-0.1, -0.05) is 6.07 Å². The van der Waals surface area contributed by atoms with Crippen LogP contribution in [0.15, 0.2) is 42.5 Å². The number of carbonyl (C=O) groups is 1. The van der Waals surface area contributed by atoms with Gasteiger partial charge in [0.2, 0.25) is 5.75 Å². The van der Waals surface area contributed by atoms with Gasteiger partial charge in [0.15, 0.2) is 17.3 Å². The molecular formula is C26H31N5O5. The molecule has 0 unspecified atom stereocenters. The highest BCUT2D eigenvalue weighted by Gasteiger charge is 2.23. The zero-order chi connectivity index (χ0) is 25.7. The zero-order valence-corrected chi connectivity index (χ0v) is 21.2. The molecule has 1 fully saturated rings. The highest BCUT2D eigenvalue weighted by atomic mass is 16.5. The van der Waals surface area contributed by atoms with E-state index in [2.05, 4.69) is 20.4 Å². The highest BCUT2D eigenvalue weighted by molar-refractivity contribution is 5.91. The van der Waals surface area contributed by atoms with Crippen molar-refractivity contribution in [1.29, 1.82) is 0 Å². The number of aryl methyl sites for hydroxylation is 1. The number of nitrogens with zero attached hydrogens (tertiary/aromatic N) is 4. The molecule has 4 rings (SSSR count). The predicted molar refractivity (Wildman–Crippen MR) is 138 cm³/mol. The maximum atomic E-state index is 12.8. The first-order valence-electron chi connectivity index (χ1n) is 11.6. The van der Waals surface area contributed by atoms with Gasteiger partial charge in [-0.2, -0.15) is 0 Å². The van der Waals surface area contributed by atoms with Gasteiger partial charge in [0.1, 0.15) is 5.75 Å². The minimum absolute atomic E-state index is 0.151. The van der Waals surface area contributed by atoms with Crippen molar-refractivity contribution < 1.29 is 23.7 Å². The molecule has 0 radical (unpaired) electrons. The Morgan fingerprint density at radius 3 is 2.03 bits per heavy atom. The van der Waals surface area contributed by atoms with Gasteiger partial charge in [-0.05, 0) is 48.9 Å². The number of methoxy groups -OCH3 is 4. The van der Waals surface area contributed by atoms with E-state index in [0.29, 0.717) is 60.6 Å². The number of benzene rings is 2. The first-order valence-corrected chi connectivity index (χ1v) is 11.6. The molecule has 1 saturated heterocycles. The third kappa shape index (κ3) is 5.22. The van der Waals surface area contributed by atoms with Gasteiger partial charge in [0.25, 0.3) is 0 Å². The summed E-state index contributed by atoms with van der Waals surface area (Å²) in [7, 11) is 6.31. The Bertz CT molecular complexity index is 1180. The zero-order valence-electron chi connectivity index (χ0n) is 21.2. The smallest absolute Gasteiger partial charge is 0.322 e. The lowest BCUT2D eigenvalue weighted by Gasteiger charge is -2.35. The lowest BCUT2D eigenvalue weighted by atomic mass is 10.1. The maximum absolute atomic E-state index is 12.8. The number of anilines is 2. The molecule has 2 heterocycles. The molecule has 1 aromatic heterocycles. The number of ether oxygens (including phenoxy) is 4. The van der Waals surface area contributed by atoms with E-state index in [1.54, 1.807) is 33.3 Å². The van der Waals surface area contributed by atoms with Crippen molar-refractivity contribution in [2.75, 3.05) is 64.8 Å². The molecule has 10 nitrogen and oxygen atoms in total. The summed E-state index contributed by atoms with van der Waals surface area (Å²) < 4.78 is 21.6. The van der Waals surface area contributed by atoms with Crippen molar-refractivity contribution in [3.05, 3.63) is 48.0 Å². The van der Waals surface area contributed by atoms with E-state index in [4.69, 9.17) is 18.9 Å². The van der Waals surface area contributed by atoms with Crippen LogP contribution in [0.3, 0.4) is 0 Å². The van der Waals surface area contributed by atoms with Gasteiger partial charge in [-0.3, -0.25) is 0 Å². The van der Waals surface area contributed by atoms with Crippen LogP contribution in [0, 0.1) is 6.92 Å². The standard InChI is InChI=1S/C26H31N5O5/c1-17-6-8-21(33-2)20(14-17)27-26(32)31-12-10-30(11-13-31)24-9-7-19(28-29-24)18-15-22(34-3)25(36-5)23(16-18)35-4/h6-9,14-16H,10-13H2,1-5H3,(H,27,32). The summed E-state index contributed by atoms with van der Waals surface area (Å²) in [6.07, 6.45) is 0. The Kier molecular flexibility index (Phi) is 7.62. The molecular weight excluding hydrogens is 462 g/mol. The Labute approximate surface area is 210 Å². The van der Waals surface area contributed by atoms with E-state index >= 15 is 0 Å². The molecule has 1 aliphatic heterocycles. The molecule has 190 valence electrons. The van der Waals surface area contributed by atoms with E-state index < -0.39 is 0 Å². The minimum Gasteiger partial charge on any atom is -0.495 e. The summed E-state index contributed by atoms with van der Waals surface area (Å²) in [4.78, 5) is 16.7. The second-order valence-electron chi connectivity index (χ2n) is 8.30. The number of hydrogen-bond donors (Lipinski definition) is 1. The minimum atomic E-state index is -0.151. The monoisotopic (exact) mass is 493 g/mol. The molecule has 1 N–H and O–H groups in total. The van der Waals surface area contributed by atoms with Crippen LogP contribution in [0.4, 0.5) is 16.3 Å². The van der Waals surface area contributed by atoms with Gasteiger partial charge in [-0.15, -0.1) is 10.2 Å². The number of carbonyl (C=O) groups excluding carboxylic acids is 1. The van der Waals surface area contributed by atoms with E-state index in [-0.39, 0.29) is 6.03 Å². The van der Waals surface area contributed by atoms with Crippen molar-refractivity contribution >= 4 is 17.5 Å². The molecule has 0 atom stereocenters. The van der Waals surface area contributed by atoms with E-state index in [1.165, 1.54) is 0 Å². The molecule has 2 amide bonds. The van der Waals surface area contributed by atoms with Gasteiger partial charge in [0.05, 0.1) is 39.8 Å². The molecule has 3 aromatic rings. The van der Waals surface area contributed by atoms with Crippen molar-refractivity contribution in [2.24, 2.45) is 0 Å². The fourth-order valence-electron chi connectivity index (χ4n) is 4.13. The molecule has 1 aliphatic rings. The lowest BCUT2D eigenvalue weighted by Crippen LogP contribution is -2.50. The van der Waals surface area contributed by atoms with Crippen molar-refractivity contribution in [2.45, 2.75) is 6.92 Å². The van der Waals surface area contributed by atoms with E-state index in [9.17, 15) is 4.79 Å². The summed E-state index contributed by atoms with van der Waals surface area (Å²) in [5, 5.41) is 11.8. The first-order chi connectivity index (χ1) is 17.5. The molecule has 10 heteroatoms. The number of hydrogen-bond acceptors (Lipinski definition) is 8. The SMILES string of the molecule is COc1ccc(C)cc1NC(=O)N1CCN(c2ccc(-c3cc(OC)c(OC)c(OC)c3)nn2)CC1. The first kappa shape index (κ1) is 24.9. The number of nitrogens with one attached hydrogen (secondary N) is 1. The number of amides is 2. The van der Waals surface area contributed by atoms with Crippen LogP contribution < -0.4 is 29.2 Å². The Balaban J connectivity index is 1.40. The van der Waals surface area contributed by atoms with Crippen LogP contribution in [0.2, 0.25) is 0 Å². The fourth-order valence-corrected chi connectivity index (χ4v) is 4.13. The molecule has 0 spiro atoms. The topological polar surface area (TPSA) is 98.3 Å².